The van der Waals surface area contributed by atoms with Gasteiger partial charge in [-0.3, -0.25) is 0 Å². The zero-order chi connectivity index (χ0) is 13.9. The number of aliphatic hydroxyl groups is 2. The number of aliphatic hydroxyl groups excluding tert-OH is 2. The molecule has 4 atom stereocenters. The van der Waals surface area contributed by atoms with Gasteiger partial charge in [-0.05, 0) is 24.7 Å². The highest BCUT2D eigenvalue weighted by molar-refractivity contribution is 4.94. The molecule has 0 aromatic heterocycles. The van der Waals surface area contributed by atoms with Crippen LogP contribution in [0.25, 0.3) is 0 Å². The highest BCUT2D eigenvalue weighted by atomic mass is 16.6. The van der Waals surface area contributed by atoms with E-state index in [1.165, 1.54) is 0 Å². The fraction of sp³-hybridized carbons (Fsp3) is 1.00. The van der Waals surface area contributed by atoms with Crippen molar-refractivity contribution < 1.29 is 19.7 Å². The van der Waals surface area contributed by atoms with Crippen LogP contribution >= 0.6 is 0 Å². The summed E-state index contributed by atoms with van der Waals surface area (Å²) in [6.45, 7) is 6.19. The van der Waals surface area contributed by atoms with Gasteiger partial charge in [0.15, 0.2) is 0 Å². The summed E-state index contributed by atoms with van der Waals surface area (Å²) in [4.78, 5) is 0. The van der Waals surface area contributed by atoms with E-state index in [4.69, 9.17) is 9.47 Å². The van der Waals surface area contributed by atoms with Crippen LogP contribution in [0.2, 0.25) is 0 Å². The molecule has 0 aromatic carbocycles. The third-order valence-corrected chi connectivity index (χ3v) is 4.96. The van der Waals surface area contributed by atoms with Crippen LogP contribution in [0.4, 0.5) is 0 Å². The fourth-order valence-corrected chi connectivity index (χ4v) is 3.55. The Kier molecular flexibility index (Phi) is 5.23. The number of hydrogen-bond donors (Lipinski definition) is 2. The number of ether oxygens (including phenoxy) is 2. The maximum Gasteiger partial charge on any atom is 0.0940 e. The average molecular weight is 272 g/mol. The average Bonchev–Trinajstić information content (AvgIpc) is 2.87. The first-order valence-electron chi connectivity index (χ1n) is 7.69. The van der Waals surface area contributed by atoms with Crippen molar-refractivity contribution in [3.8, 4) is 0 Å². The topological polar surface area (TPSA) is 58.9 Å². The summed E-state index contributed by atoms with van der Waals surface area (Å²) >= 11 is 0. The van der Waals surface area contributed by atoms with Crippen LogP contribution < -0.4 is 0 Å². The quantitative estimate of drug-likeness (QED) is 0.800. The molecular formula is C15H28O4. The molecule has 4 unspecified atom stereocenters. The molecule has 2 heterocycles. The molecule has 2 aliphatic heterocycles. The predicted octanol–water partition coefficient (Wildman–Crippen LogP) is 1.73. The van der Waals surface area contributed by atoms with E-state index in [1.807, 2.05) is 0 Å². The van der Waals surface area contributed by atoms with Gasteiger partial charge in [0.1, 0.15) is 0 Å². The summed E-state index contributed by atoms with van der Waals surface area (Å²) in [5, 5.41) is 20.8. The van der Waals surface area contributed by atoms with Gasteiger partial charge < -0.3 is 19.7 Å². The Morgan fingerprint density at radius 3 is 2.53 bits per heavy atom. The normalized spacial score (nSPS) is 34.9. The van der Waals surface area contributed by atoms with Crippen molar-refractivity contribution in [3.05, 3.63) is 0 Å². The van der Waals surface area contributed by atoms with Gasteiger partial charge in [-0.25, -0.2) is 0 Å². The Bertz CT molecular complexity index is 271. The highest BCUT2D eigenvalue weighted by Gasteiger charge is 2.44. The van der Waals surface area contributed by atoms with E-state index in [9.17, 15) is 10.2 Å². The van der Waals surface area contributed by atoms with Crippen LogP contribution in [0.1, 0.15) is 46.0 Å². The zero-order valence-corrected chi connectivity index (χ0v) is 12.2. The van der Waals surface area contributed by atoms with Crippen molar-refractivity contribution in [3.63, 3.8) is 0 Å². The molecule has 2 aliphatic rings. The molecule has 0 saturated carbocycles. The lowest BCUT2D eigenvalue weighted by Gasteiger charge is -2.41. The molecule has 0 aromatic rings. The summed E-state index contributed by atoms with van der Waals surface area (Å²) in [7, 11) is 0. The van der Waals surface area contributed by atoms with E-state index in [0.29, 0.717) is 13.2 Å². The van der Waals surface area contributed by atoms with Crippen LogP contribution in [0.15, 0.2) is 0 Å². The van der Waals surface area contributed by atoms with Crippen LogP contribution in [-0.2, 0) is 9.47 Å². The molecule has 0 bridgehead atoms. The second-order valence-corrected chi connectivity index (χ2v) is 6.14. The smallest absolute Gasteiger partial charge is 0.0940 e. The third-order valence-electron chi connectivity index (χ3n) is 4.96. The van der Waals surface area contributed by atoms with Gasteiger partial charge in [-0.2, -0.15) is 0 Å². The van der Waals surface area contributed by atoms with E-state index in [2.05, 4.69) is 13.8 Å². The first-order valence-corrected chi connectivity index (χ1v) is 7.69. The Morgan fingerprint density at radius 2 is 1.95 bits per heavy atom. The Hall–Kier alpha value is -0.160. The van der Waals surface area contributed by atoms with Crippen molar-refractivity contribution in [2.45, 2.75) is 63.8 Å². The Morgan fingerprint density at radius 1 is 1.21 bits per heavy atom. The van der Waals surface area contributed by atoms with Crippen molar-refractivity contribution in [1.82, 2.24) is 0 Å². The molecule has 1 spiro atoms. The molecule has 0 amide bonds. The lowest BCUT2D eigenvalue weighted by Crippen LogP contribution is -2.47. The monoisotopic (exact) mass is 272 g/mol. The van der Waals surface area contributed by atoms with Crippen molar-refractivity contribution >= 4 is 0 Å². The maximum absolute atomic E-state index is 10.5. The van der Waals surface area contributed by atoms with Crippen LogP contribution in [0.3, 0.4) is 0 Å². The Labute approximate surface area is 116 Å². The van der Waals surface area contributed by atoms with Crippen molar-refractivity contribution in [1.29, 1.82) is 0 Å². The van der Waals surface area contributed by atoms with E-state index < -0.39 is 12.2 Å². The van der Waals surface area contributed by atoms with Gasteiger partial charge in [-0.1, -0.05) is 26.7 Å². The molecule has 19 heavy (non-hydrogen) atoms. The fourth-order valence-electron chi connectivity index (χ4n) is 3.55. The SMILES string of the molecule is CCC(CC)C(O)C(O)C1CCOC2(CCOC2)C1. The maximum atomic E-state index is 10.5. The van der Waals surface area contributed by atoms with E-state index in [0.717, 1.165) is 38.7 Å². The predicted molar refractivity (Wildman–Crippen MR) is 72.9 cm³/mol. The van der Waals surface area contributed by atoms with Crippen LogP contribution in [-0.4, -0.2) is 47.8 Å². The third kappa shape index (κ3) is 3.30. The summed E-state index contributed by atoms with van der Waals surface area (Å²) in [6, 6.07) is 0. The second-order valence-electron chi connectivity index (χ2n) is 6.14. The lowest BCUT2D eigenvalue weighted by molar-refractivity contribution is -0.137. The lowest BCUT2D eigenvalue weighted by atomic mass is 9.78. The van der Waals surface area contributed by atoms with Gasteiger partial charge in [0.2, 0.25) is 0 Å². The van der Waals surface area contributed by atoms with Crippen LogP contribution in [0, 0.1) is 11.8 Å². The van der Waals surface area contributed by atoms with Gasteiger partial charge in [0.25, 0.3) is 0 Å². The first kappa shape index (κ1) is 15.2. The number of rotatable bonds is 5. The summed E-state index contributed by atoms with van der Waals surface area (Å²) < 4.78 is 11.3. The van der Waals surface area contributed by atoms with E-state index in [-0.39, 0.29) is 17.4 Å². The minimum absolute atomic E-state index is 0.131. The van der Waals surface area contributed by atoms with Crippen molar-refractivity contribution in [2.24, 2.45) is 11.8 Å². The molecule has 2 saturated heterocycles. The minimum Gasteiger partial charge on any atom is -0.390 e. The largest absolute Gasteiger partial charge is 0.390 e. The molecule has 2 rings (SSSR count). The van der Waals surface area contributed by atoms with E-state index >= 15 is 0 Å². The second kappa shape index (κ2) is 6.53. The molecule has 0 aliphatic carbocycles. The minimum atomic E-state index is -0.633. The van der Waals surface area contributed by atoms with Gasteiger partial charge in [-0.15, -0.1) is 0 Å². The van der Waals surface area contributed by atoms with Gasteiger partial charge in [0, 0.05) is 19.6 Å². The first-order chi connectivity index (χ1) is 9.12. The van der Waals surface area contributed by atoms with E-state index in [1.54, 1.807) is 0 Å². The summed E-state index contributed by atoms with van der Waals surface area (Å²) in [6.07, 6.45) is 3.13. The molecule has 2 fully saturated rings. The molecule has 0 radical (unpaired) electrons. The molecule has 4 heteroatoms. The molecule has 2 N–H and O–H groups in total. The Balaban J connectivity index is 1.96. The molecule has 4 nitrogen and oxygen atoms in total. The molecular weight excluding hydrogens is 244 g/mol. The summed E-state index contributed by atoms with van der Waals surface area (Å²) in [5.41, 5.74) is -0.197. The number of hydrogen-bond acceptors (Lipinski definition) is 4. The van der Waals surface area contributed by atoms with Gasteiger partial charge >= 0.3 is 0 Å². The van der Waals surface area contributed by atoms with Crippen LogP contribution in [0.5, 0.6) is 0 Å². The standard InChI is InChI=1S/C15H28O4/c1-3-11(4-2)13(16)14(17)12-5-7-19-15(9-12)6-8-18-10-15/h11-14,16-17H,3-10H2,1-2H3. The highest BCUT2D eigenvalue weighted by Crippen LogP contribution is 2.38. The van der Waals surface area contributed by atoms with Crippen molar-refractivity contribution in [2.75, 3.05) is 19.8 Å². The van der Waals surface area contributed by atoms with Gasteiger partial charge in [0.05, 0.1) is 24.4 Å². The zero-order valence-electron chi connectivity index (χ0n) is 12.2. The molecule has 112 valence electrons. The summed E-state index contributed by atoms with van der Waals surface area (Å²) in [5.74, 6) is 0.319.